The second-order valence-electron chi connectivity index (χ2n) is 8.98. The minimum atomic E-state index is -0.876. The van der Waals surface area contributed by atoms with Crippen LogP contribution in [0.3, 0.4) is 0 Å². The first-order chi connectivity index (χ1) is 16.3. The Balaban J connectivity index is 1.58. The summed E-state index contributed by atoms with van der Waals surface area (Å²) in [6.07, 6.45) is 0.396. The van der Waals surface area contributed by atoms with E-state index < -0.39 is 17.5 Å². The Hall–Kier alpha value is -3.35. The highest BCUT2D eigenvalue weighted by atomic mass is 16.5. The van der Waals surface area contributed by atoms with Crippen LogP contribution < -0.4 is 5.32 Å². The molecule has 1 aliphatic carbocycles. The van der Waals surface area contributed by atoms with E-state index in [1.807, 2.05) is 45.0 Å². The second-order valence-corrected chi connectivity index (χ2v) is 8.98. The number of carboxylic acids is 1. The molecule has 1 unspecified atom stereocenters. The second kappa shape index (κ2) is 11.2. The van der Waals surface area contributed by atoms with Gasteiger partial charge in [0.25, 0.3) is 0 Å². The fourth-order valence-corrected chi connectivity index (χ4v) is 4.47. The van der Waals surface area contributed by atoms with Crippen molar-refractivity contribution >= 4 is 18.0 Å². The van der Waals surface area contributed by atoms with E-state index in [2.05, 4.69) is 29.6 Å². The van der Waals surface area contributed by atoms with Gasteiger partial charge in [0.2, 0.25) is 5.91 Å². The standard InChI is InChI=1S/C27H34N2O5/c1-4-27(3,25(32)29(5-2)16-10-15-24(30)31)18-28-26(33)34-17-23-21-13-8-6-11-19(21)20-12-7-9-14-22(20)23/h6-9,11-14,23H,4-5,10,15-18H2,1-3H3,(H,28,33)(H,30,31). The number of fused-ring (bicyclic) bond motifs is 3. The van der Waals surface area contributed by atoms with Crippen molar-refractivity contribution in [3.63, 3.8) is 0 Å². The minimum Gasteiger partial charge on any atom is -0.481 e. The van der Waals surface area contributed by atoms with Gasteiger partial charge in [0, 0.05) is 32.0 Å². The van der Waals surface area contributed by atoms with Crippen LogP contribution >= 0.6 is 0 Å². The SMILES string of the molecule is CCN(CCCC(=O)O)C(=O)C(C)(CC)CNC(=O)OCC1c2ccccc2-c2ccccc21. The number of carboxylic acid groups (broad SMARTS) is 1. The van der Waals surface area contributed by atoms with E-state index in [1.165, 1.54) is 11.1 Å². The third-order valence-corrected chi connectivity index (χ3v) is 6.75. The summed E-state index contributed by atoms with van der Waals surface area (Å²) < 4.78 is 5.60. The van der Waals surface area contributed by atoms with Gasteiger partial charge in [-0.1, -0.05) is 55.5 Å². The molecule has 0 saturated carbocycles. The summed E-state index contributed by atoms with van der Waals surface area (Å²) in [5, 5.41) is 11.6. The fourth-order valence-electron chi connectivity index (χ4n) is 4.47. The number of nitrogens with one attached hydrogen (secondary N) is 1. The fraction of sp³-hybridized carbons (Fsp3) is 0.444. The number of nitrogens with zero attached hydrogens (tertiary/aromatic N) is 1. The molecule has 2 amide bonds. The van der Waals surface area contributed by atoms with Gasteiger partial charge in [-0.15, -0.1) is 0 Å². The molecular weight excluding hydrogens is 432 g/mol. The molecule has 7 heteroatoms. The smallest absolute Gasteiger partial charge is 0.407 e. The molecule has 0 aromatic heterocycles. The van der Waals surface area contributed by atoms with Crippen LogP contribution in [-0.4, -0.2) is 54.2 Å². The third-order valence-electron chi connectivity index (χ3n) is 6.75. The maximum absolute atomic E-state index is 13.1. The first-order valence-electron chi connectivity index (χ1n) is 11.9. The van der Waals surface area contributed by atoms with Gasteiger partial charge in [-0.3, -0.25) is 9.59 Å². The predicted octanol–water partition coefficient (Wildman–Crippen LogP) is 4.65. The molecule has 2 aromatic rings. The maximum Gasteiger partial charge on any atom is 0.407 e. The zero-order valence-corrected chi connectivity index (χ0v) is 20.2. The Morgan fingerprint density at radius 1 is 1.03 bits per heavy atom. The van der Waals surface area contributed by atoms with Crippen LogP contribution in [0.1, 0.15) is 57.1 Å². The molecule has 2 N–H and O–H groups in total. The highest BCUT2D eigenvalue weighted by molar-refractivity contribution is 5.83. The van der Waals surface area contributed by atoms with Crippen molar-refractivity contribution in [3.05, 3.63) is 59.7 Å². The van der Waals surface area contributed by atoms with Crippen LogP contribution in [0.4, 0.5) is 4.79 Å². The average molecular weight is 467 g/mol. The van der Waals surface area contributed by atoms with Crippen LogP contribution in [-0.2, 0) is 14.3 Å². The van der Waals surface area contributed by atoms with Gasteiger partial charge in [-0.05, 0) is 48.9 Å². The van der Waals surface area contributed by atoms with Gasteiger partial charge in [-0.2, -0.15) is 0 Å². The van der Waals surface area contributed by atoms with E-state index in [0.717, 1.165) is 11.1 Å². The van der Waals surface area contributed by atoms with Crippen molar-refractivity contribution < 1.29 is 24.2 Å². The number of aliphatic carboxylic acids is 1. The molecular formula is C27H34N2O5. The largest absolute Gasteiger partial charge is 0.481 e. The van der Waals surface area contributed by atoms with Crippen molar-refractivity contribution in [1.29, 1.82) is 0 Å². The monoisotopic (exact) mass is 466 g/mol. The number of rotatable bonds is 11. The maximum atomic E-state index is 13.1. The molecule has 0 fully saturated rings. The number of amides is 2. The summed E-state index contributed by atoms with van der Waals surface area (Å²) in [5.74, 6) is -0.998. The zero-order chi connectivity index (χ0) is 24.7. The van der Waals surface area contributed by atoms with Crippen LogP contribution in [0.5, 0.6) is 0 Å². The highest BCUT2D eigenvalue weighted by Crippen LogP contribution is 2.44. The van der Waals surface area contributed by atoms with E-state index in [4.69, 9.17) is 9.84 Å². The van der Waals surface area contributed by atoms with E-state index in [1.54, 1.807) is 4.90 Å². The van der Waals surface area contributed by atoms with Gasteiger partial charge in [0.1, 0.15) is 6.61 Å². The lowest BCUT2D eigenvalue weighted by atomic mass is 9.85. The highest BCUT2D eigenvalue weighted by Gasteiger charge is 2.35. The lowest BCUT2D eigenvalue weighted by Crippen LogP contribution is -2.48. The van der Waals surface area contributed by atoms with Crippen molar-refractivity contribution in [1.82, 2.24) is 10.2 Å². The first kappa shape index (κ1) is 25.3. The molecule has 0 spiro atoms. The Morgan fingerprint density at radius 3 is 2.15 bits per heavy atom. The van der Waals surface area contributed by atoms with Gasteiger partial charge in [0.05, 0.1) is 5.41 Å². The normalized spacial score (nSPS) is 14.0. The minimum absolute atomic E-state index is 0.0185. The lowest BCUT2D eigenvalue weighted by molar-refractivity contribution is -0.142. The predicted molar refractivity (Wildman–Crippen MR) is 131 cm³/mol. The van der Waals surface area contributed by atoms with E-state index >= 15 is 0 Å². The molecule has 0 heterocycles. The van der Waals surface area contributed by atoms with Crippen molar-refractivity contribution in [3.8, 4) is 11.1 Å². The molecule has 0 bridgehead atoms. The van der Waals surface area contributed by atoms with E-state index in [-0.39, 0.29) is 31.4 Å². The van der Waals surface area contributed by atoms with Crippen LogP contribution in [0.25, 0.3) is 11.1 Å². The third kappa shape index (κ3) is 5.58. The lowest BCUT2D eigenvalue weighted by Gasteiger charge is -2.33. The Labute approximate surface area is 201 Å². The first-order valence-corrected chi connectivity index (χ1v) is 11.9. The van der Waals surface area contributed by atoms with Gasteiger partial charge < -0.3 is 20.1 Å². The Kier molecular flexibility index (Phi) is 8.31. The van der Waals surface area contributed by atoms with Crippen LogP contribution in [0.2, 0.25) is 0 Å². The topological polar surface area (TPSA) is 95.9 Å². The number of hydrogen-bond donors (Lipinski definition) is 2. The van der Waals surface area contributed by atoms with Crippen LogP contribution in [0.15, 0.2) is 48.5 Å². The number of carbonyl (C=O) groups is 3. The molecule has 3 rings (SSSR count). The van der Waals surface area contributed by atoms with E-state index in [0.29, 0.717) is 25.9 Å². The molecule has 2 aromatic carbocycles. The molecule has 0 aliphatic heterocycles. The quantitative estimate of drug-likeness (QED) is 0.502. The summed E-state index contributed by atoms with van der Waals surface area (Å²) >= 11 is 0. The molecule has 0 saturated heterocycles. The van der Waals surface area contributed by atoms with Gasteiger partial charge >= 0.3 is 12.1 Å². The van der Waals surface area contributed by atoms with Crippen molar-refractivity contribution in [2.24, 2.45) is 5.41 Å². The number of benzene rings is 2. The molecule has 1 atom stereocenters. The average Bonchev–Trinajstić information content (AvgIpc) is 3.17. The summed E-state index contributed by atoms with van der Waals surface area (Å²) in [7, 11) is 0. The number of alkyl carbamates (subject to hydrolysis) is 1. The zero-order valence-electron chi connectivity index (χ0n) is 20.2. The Morgan fingerprint density at radius 2 is 1.62 bits per heavy atom. The van der Waals surface area contributed by atoms with Crippen molar-refractivity contribution in [2.75, 3.05) is 26.2 Å². The number of carbonyl (C=O) groups excluding carboxylic acids is 2. The summed E-state index contributed by atoms with van der Waals surface area (Å²) in [4.78, 5) is 38.2. The molecule has 1 aliphatic rings. The Bertz CT molecular complexity index is 992. The number of ether oxygens (including phenoxy) is 1. The number of hydrogen-bond acceptors (Lipinski definition) is 4. The molecule has 182 valence electrons. The van der Waals surface area contributed by atoms with E-state index in [9.17, 15) is 14.4 Å². The van der Waals surface area contributed by atoms with Crippen LogP contribution in [0, 0.1) is 5.41 Å². The molecule has 7 nitrogen and oxygen atoms in total. The molecule has 34 heavy (non-hydrogen) atoms. The van der Waals surface area contributed by atoms with Crippen molar-refractivity contribution in [2.45, 2.75) is 46.0 Å². The summed E-state index contributed by atoms with van der Waals surface area (Å²) in [6.45, 7) is 6.82. The van der Waals surface area contributed by atoms with Gasteiger partial charge in [-0.25, -0.2) is 4.79 Å². The van der Waals surface area contributed by atoms with Gasteiger partial charge in [0.15, 0.2) is 0 Å². The summed E-state index contributed by atoms with van der Waals surface area (Å²) in [6, 6.07) is 16.3. The molecule has 0 radical (unpaired) electrons. The summed E-state index contributed by atoms with van der Waals surface area (Å²) in [5.41, 5.74) is 3.82.